The number of nitrogens with one attached hydrogen (secondary N) is 1. The van der Waals surface area contributed by atoms with Gasteiger partial charge in [-0.15, -0.1) is 11.3 Å². The summed E-state index contributed by atoms with van der Waals surface area (Å²) in [5.74, 6) is 0.183. The number of thiazole rings is 1. The van der Waals surface area contributed by atoms with Gasteiger partial charge in [-0.05, 0) is 25.7 Å². The number of hydrogen-bond donors (Lipinski definition) is 1. The van der Waals surface area contributed by atoms with Crippen LogP contribution in [0.4, 0.5) is 4.79 Å². The van der Waals surface area contributed by atoms with E-state index in [0.717, 1.165) is 23.5 Å². The maximum atomic E-state index is 12.5. The Morgan fingerprint density at radius 2 is 2.10 bits per heavy atom. The molecule has 2 fully saturated rings. The van der Waals surface area contributed by atoms with Crippen LogP contribution in [0, 0.1) is 5.92 Å². The molecule has 5 nitrogen and oxygen atoms in total. The quantitative estimate of drug-likeness (QED) is 0.873. The fraction of sp³-hybridized carbons (Fsp3) is 0.667. The van der Waals surface area contributed by atoms with Crippen LogP contribution in [-0.2, 0) is 16.8 Å². The minimum atomic E-state index is -0.707. The van der Waals surface area contributed by atoms with E-state index in [1.165, 1.54) is 16.2 Å². The average Bonchev–Trinajstić information content (AvgIpc) is 3.08. The predicted octanol–water partition coefficient (Wildman–Crippen LogP) is 2.66. The smallest absolute Gasteiger partial charge is 0.323 e. The lowest BCUT2D eigenvalue weighted by molar-refractivity contribution is -0.131. The molecule has 3 rings (SSSR count). The molecule has 114 valence electrons. The topological polar surface area (TPSA) is 62.3 Å². The highest BCUT2D eigenvalue weighted by molar-refractivity contribution is 7.09. The molecule has 1 saturated heterocycles. The van der Waals surface area contributed by atoms with E-state index >= 15 is 0 Å². The van der Waals surface area contributed by atoms with E-state index in [2.05, 4.69) is 31.1 Å². The molecular formula is C15H21N3O2S. The highest BCUT2D eigenvalue weighted by Gasteiger charge is 2.56. The van der Waals surface area contributed by atoms with Crippen LogP contribution in [0.3, 0.4) is 0 Å². The number of carbonyl (C=O) groups is 2. The van der Waals surface area contributed by atoms with Gasteiger partial charge in [-0.25, -0.2) is 9.78 Å². The molecule has 0 spiro atoms. The molecule has 21 heavy (non-hydrogen) atoms. The van der Waals surface area contributed by atoms with Gasteiger partial charge in [0.05, 0.1) is 12.2 Å². The fourth-order valence-electron chi connectivity index (χ4n) is 2.66. The number of imide groups is 1. The number of carbonyl (C=O) groups excluding carboxylic acids is 2. The summed E-state index contributed by atoms with van der Waals surface area (Å²) in [5, 5.41) is 5.68. The van der Waals surface area contributed by atoms with Crippen LogP contribution < -0.4 is 5.32 Å². The molecule has 1 saturated carbocycles. The lowest BCUT2D eigenvalue weighted by Crippen LogP contribution is -2.46. The number of nitrogens with zero attached hydrogens (tertiary/aromatic N) is 2. The van der Waals surface area contributed by atoms with Gasteiger partial charge in [0, 0.05) is 10.8 Å². The summed E-state index contributed by atoms with van der Waals surface area (Å²) >= 11 is 1.51. The van der Waals surface area contributed by atoms with Gasteiger partial charge in [0.25, 0.3) is 5.91 Å². The van der Waals surface area contributed by atoms with Crippen molar-refractivity contribution in [2.45, 2.75) is 58.0 Å². The summed E-state index contributed by atoms with van der Waals surface area (Å²) in [6, 6.07) is -0.290. The van der Waals surface area contributed by atoms with Gasteiger partial charge >= 0.3 is 6.03 Å². The zero-order valence-electron chi connectivity index (χ0n) is 12.9. The van der Waals surface area contributed by atoms with Crippen LogP contribution in [-0.4, -0.2) is 27.4 Å². The molecule has 1 atom stereocenters. The lowest BCUT2D eigenvalue weighted by atomic mass is 9.93. The van der Waals surface area contributed by atoms with Gasteiger partial charge in [0.1, 0.15) is 10.5 Å². The second-order valence-corrected chi connectivity index (χ2v) is 8.12. The van der Waals surface area contributed by atoms with E-state index in [1.807, 2.05) is 12.3 Å². The normalized spacial score (nSPS) is 26.4. The standard InChI is InChI=1S/C15H21N3O2S/c1-14(2,3)10-8-21-11(16-10)7-18-12(19)15(4,9-5-6-9)17-13(18)20/h8-9H,5-7H2,1-4H3,(H,17,20)/t15-/m0/s1. The largest absolute Gasteiger partial charge is 0.325 e. The Hall–Kier alpha value is -1.43. The molecule has 0 aromatic carbocycles. The summed E-state index contributed by atoms with van der Waals surface area (Å²) in [7, 11) is 0. The summed E-state index contributed by atoms with van der Waals surface area (Å²) in [6.07, 6.45) is 2.03. The molecule has 1 aliphatic carbocycles. The third kappa shape index (κ3) is 2.46. The molecular weight excluding hydrogens is 286 g/mol. The minimum absolute atomic E-state index is 0.0193. The SMILES string of the molecule is CC(C)(C)c1csc(CN2C(=O)N[C@@](C)(C3CC3)C2=O)n1. The van der Waals surface area contributed by atoms with Crippen LogP contribution in [0.15, 0.2) is 5.38 Å². The van der Waals surface area contributed by atoms with Gasteiger partial charge in [-0.2, -0.15) is 0 Å². The number of rotatable bonds is 3. The third-order valence-corrected chi connectivity index (χ3v) is 5.14. The van der Waals surface area contributed by atoms with Crippen molar-refractivity contribution in [3.63, 3.8) is 0 Å². The van der Waals surface area contributed by atoms with Crippen molar-refractivity contribution < 1.29 is 9.59 Å². The van der Waals surface area contributed by atoms with Gasteiger partial charge in [0.2, 0.25) is 0 Å². The van der Waals surface area contributed by atoms with E-state index in [9.17, 15) is 9.59 Å². The first kappa shape index (κ1) is 14.5. The van der Waals surface area contributed by atoms with Crippen molar-refractivity contribution in [2.75, 3.05) is 0 Å². The Kier molecular flexibility index (Phi) is 3.13. The van der Waals surface area contributed by atoms with Crippen LogP contribution in [0.25, 0.3) is 0 Å². The van der Waals surface area contributed by atoms with Crippen molar-refractivity contribution in [1.29, 1.82) is 0 Å². The summed E-state index contributed by atoms with van der Waals surface area (Å²) < 4.78 is 0. The maximum absolute atomic E-state index is 12.5. The van der Waals surface area contributed by atoms with Gasteiger partial charge in [0.15, 0.2) is 0 Å². The third-order valence-electron chi connectivity index (χ3n) is 4.31. The number of urea groups is 1. The molecule has 0 bridgehead atoms. The molecule has 2 aliphatic rings. The summed E-state index contributed by atoms with van der Waals surface area (Å²) in [6.45, 7) is 8.41. The van der Waals surface area contributed by atoms with Crippen LogP contribution in [0.2, 0.25) is 0 Å². The van der Waals surface area contributed by atoms with E-state index < -0.39 is 5.54 Å². The highest BCUT2D eigenvalue weighted by Crippen LogP contribution is 2.43. The Labute approximate surface area is 128 Å². The summed E-state index contributed by atoms with van der Waals surface area (Å²) in [4.78, 5) is 30.5. The molecule has 6 heteroatoms. The summed E-state index contributed by atoms with van der Waals surface area (Å²) in [5.41, 5.74) is 0.273. The molecule has 1 aromatic rings. The van der Waals surface area contributed by atoms with Crippen LogP contribution in [0.1, 0.15) is 51.2 Å². The van der Waals surface area contributed by atoms with Crippen molar-refractivity contribution in [3.05, 3.63) is 16.1 Å². The number of amides is 3. The van der Waals surface area contributed by atoms with Crippen molar-refractivity contribution in [3.8, 4) is 0 Å². The van der Waals surface area contributed by atoms with Gasteiger partial charge in [-0.1, -0.05) is 20.8 Å². The Morgan fingerprint density at radius 1 is 1.43 bits per heavy atom. The van der Waals surface area contributed by atoms with Crippen LogP contribution in [0.5, 0.6) is 0 Å². The first-order chi connectivity index (χ1) is 9.72. The predicted molar refractivity (Wildman–Crippen MR) is 81.0 cm³/mol. The van der Waals surface area contributed by atoms with E-state index in [4.69, 9.17) is 0 Å². The zero-order valence-corrected chi connectivity index (χ0v) is 13.7. The van der Waals surface area contributed by atoms with Crippen molar-refractivity contribution >= 4 is 23.3 Å². The van der Waals surface area contributed by atoms with Crippen molar-refractivity contribution in [1.82, 2.24) is 15.2 Å². The molecule has 1 N–H and O–H groups in total. The second kappa shape index (κ2) is 4.53. The molecule has 0 radical (unpaired) electrons. The van der Waals surface area contributed by atoms with Crippen molar-refractivity contribution in [2.24, 2.45) is 5.92 Å². The molecule has 3 amide bonds. The van der Waals surface area contributed by atoms with E-state index in [0.29, 0.717) is 5.92 Å². The van der Waals surface area contributed by atoms with Gasteiger partial charge in [-0.3, -0.25) is 9.69 Å². The van der Waals surface area contributed by atoms with E-state index in [1.54, 1.807) is 0 Å². The Bertz CT molecular complexity index is 600. The van der Waals surface area contributed by atoms with E-state index in [-0.39, 0.29) is 23.9 Å². The number of aromatic nitrogens is 1. The zero-order chi connectivity index (χ0) is 15.4. The highest BCUT2D eigenvalue weighted by atomic mass is 32.1. The monoisotopic (exact) mass is 307 g/mol. The second-order valence-electron chi connectivity index (χ2n) is 7.17. The van der Waals surface area contributed by atoms with Gasteiger partial charge < -0.3 is 5.32 Å². The fourth-order valence-corrected chi connectivity index (χ4v) is 3.67. The maximum Gasteiger partial charge on any atom is 0.325 e. The Balaban J connectivity index is 1.77. The lowest BCUT2D eigenvalue weighted by Gasteiger charge is -2.20. The first-order valence-corrected chi connectivity index (χ1v) is 8.19. The average molecular weight is 307 g/mol. The molecule has 2 heterocycles. The molecule has 0 unspecified atom stereocenters. The minimum Gasteiger partial charge on any atom is -0.323 e. The van der Waals surface area contributed by atoms with Crippen LogP contribution >= 0.6 is 11.3 Å². The first-order valence-electron chi connectivity index (χ1n) is 7.31. The molecule has 1 aliphatic heterocycles. The molecule has 1 aromatic heterocycles. The Morgan fingerprint density at radius 3 is 2.62 bits per heavy atom. The number of hydrogen-bond acceptors (Lipinski definition) is 4.